The molecule has 0 saturated carbocycles. The van der Waals surface area contributed by atoms with Gasteiger partial charge in [0, 0.05) is 11.1 Å². The highest BCUT2D eigenvalue weighted by molar-refractivity contribution is 5.63. The van der Waals surface area contributed by atoms with Crippen LogP contribution in [0.4, 0.5) is 17.6 Å². The molecule has 0 aliphatic carbocycles. The minimum atomic E-state index is -4.80. The van der Waals surface area contributed by atoms with Crippen LogP contribution >= 0.6 is 0 Å². The normalized spacial score (nSPS) is 11.6. The molecule has 2 aromatic rings. The highest BCUT2D eigenvalue weighted by atomic mass is 19.4. The van der Waals surface area contributed by atoms with Crippen LogP contribution in [0.15, 0.2) is 29.3 Å². The van der Waals surface area contributed by atoms with Crippen LogP contribution in [-0.2, 0) is 6.18 Å². The third kappa shape index (κ3) is 2.49. The number of aromatic nitrogens is 2. The van der Waals surface area contributed by atoms with Crippen LogP contribution in [0.1, 0.15) is 11.1 Å². The van der Waals surface area contributed by atoms with Gasteiger partial charge in [-0.15, -0.1) is 0 Å². The number of nitrogens with zero attached hydrogens (tertiary/aromatic N) is 1. The Labute approximate surface area is 104 Å². The molecule has 1 heterocycles. The number of hydrogen-bond donors (Lipinski definition) is 1. The van der Waals surface area contributed by atoms with Crippen molar-refractivity contribution in [3.05, 3.63) is 51.8 Å². The van der Waals surface area contributed by atoms with Gasteiger partial charge < -0.3 is 4.98 Å². The predicted octanol–water partition coefficient (Wildman–Crippen LogP) is 2.90. The minimum absolute atomic E-state index is 0.0392. The summed E-state index contributed by atoms with van der Waals surface area (Å²) in [6.45, 7) is 1.43. The maximum atomic E-state index is 13.2. The largest absolute Gasteiger partial charge is 0.419 e. The molecule has 0 unspecified atom stereocenters. The van der Waals surface area contributed by atoms with E-state index in [9.17, 15) is 22.4 Å². The third-order valence-corrected chi connectivity index (χ3v) is 2.63. The molecule has 0 amide bonds. The Balaban J connectivity index is 2.65. The van der Waals surface area contributed by atoms with E-state index in [2.05, 4.69) is 9.97 Å². The van der Waals surface area contributed by atoms with Gasteiger partial charge in [0.15, 0.2) is 0 Å². The standard InChI is InChI=1S/C12H8F4N2O/c1-6-10(17-5-18-11(6)19)7-2-3-9(13)8(4-7)12(14,15)16/h2-5H,1H3,(H,17,18,19). The van der Waals surface area contributed by atoms with E-state index >= 15 is 0 Å². The summed E-state index contributed by atoms with van der Waals surface area (Å²) in [6.07, 6.45) is -3.71. The van der Waals surface area contributed by atoms with Crippen molar-refractivity contribution in [2.45, 2.75) is 13.1 Å². The molecule has 19 heavy (non-hydrogen) atoms. The van der Waals surface area contributed by atoms with E-state index in [0.29, 0.717) is 12.1 Å². The Hall–Kier alpha value is -2.18. The Bertz CT molecular complexity index is 676. The number of alkyl halides is 3. The second kappa shape index (κ2) is 4.49. The fraction of sp³-hybridized carbons (Fsp3) is 0.167. The van der Waals surface area contributed by atoms with Gasteiger partial charge in [-0.2, -0.15) is 13.2 Å². The van der Waals surface area contributed by atoms with E-state index < -0.39 is 23.1 Å². The SMILES string of the molecule is Cc1c(-c2ccc(F)c(C(F)(F)F)c2)nc[nH]c1=O. The maximum absolute atomic E-state index is 13.2. The first-order chi connectivity index (χ1) is 8.80. The van der Waals surface area contributed by atoms with Crippen LogP contribution in [0.3, 0.4) is 0 Å². The molecule has 7 heteroatoms. The maximum Gasteiger partial charge on any atom is 0.419 e. The number of benzene rings is 1. The lowest BCUT2D eigenvalue weighted by atomic mass is 10.0. The Morgan fingerprint density at radius 1 is 1.26 bits per heavy atom. The van der Waals surface area contributed by atoms with E-state index in [1.165, 1.54) is 6.92 Å². The Morgan fingerprint density at radius 2 is 1.95 bits per heavy atom. The van der Waals surface area contributed by atoms with Crippen molar-refractivity contribution in [2.24, 2.45) is 0 Å². The van der Waals surface area contributed by atoms with Crippen molar-refractivity contribution in [1.29, 1.82) is 0 Å². The third-order valence-electron chi connectivity index (χ3n) is 2.63. The molecule has 0 aliphatic rings. The van der Waals surface area contributed by atoms with E-state index in [-0.39, 0.29) is 16.8 Å². The van der Waals surface area contributed by atoms with Crippen molar-refractivity contribution < 1.29 is 17.6 Å². The van der Waals surface area contributed by atoms with Crippen LogP contribution in [0, 0.1) is 12.7 Å². The first-order valence-corrected chi connectivity index (χ1v) is 5.22. The second-order valence-electron chi connectivity index (χ2n) is 3.90. The summed E-state index contributed by atoms with van der Waals surface area (Å²) in [6, 6.07) is 2.50. The molecule has 3 nitrogen and oxygen atoms in total. The first-order valence-electron chi connectivity index (χ1n) is 5.22. The number of rotatable bonds is 1. The summed E-state index contributed by atoms with van der Waals surface area (Å²) in [4.78, 5) is 17.5. The van der Waals surface area contributed by atoms with E-state index in [0.717, 1.165) is 12.4 Å². The molecule has 0 aliphatic heterocycles. The molecule has 1 N–H and O–H groups in total. The fourth-order valence-corrected chi connectivity index (χ4v) is 1.65. The number of H-pyrrole nitrogens is 1. The zero-order valence-corrected chi connectivity index (χ0v) is 9.68. The van der Waals surface area contributed by atoms with Gasteiger partial charge in [0.2, 0.25) is 0 Å². The zero-order chi connectivity index (χ0) is 14.2. The van der Waals surface area contributed by atoms with Crippen LogP contribution < -0.4 is 5.56 Å². The average Bonchev–Trinajstić information content (AvgIpc) is 2.32. The summed E-state index contributed by atoms with van der Waals surface area (Å²) in [7, 11) is 0. The van der Waals surface area contributed by atoms with E-state index in [1.807, 2.05) is 0 Å². The molecule has 0 bridgehead atoms. The molecule has 0 saturated heterocycles. The van der Waals surface area contributed by atoms with Crippen molar-refractivity contribution in [3.8, 4) is 11.3 Å². The summed E-state index contributed by atoms with van der Waals surface area (Å²) in [5.74, 6) is -1.36. The van der Waals surface area contributed by atoms with Crippen molar-refractivity contribution in [3.63, 3.8) is 0 Å². The lowest BCUT2D eigenvalue weighted by Crippen LogP contribution is -2.12. The van der Waals surface area contributed by atoms with Crippen LogP contribution in [0.25, 0.3) is 11.3 Å². The number of aromatic amines is 1. The van der Waals surface area contributed by atoms with Gasteiger partial charge >= 0.3 is 6.18 Å². The summed E-state index contributed by atoms with van der Waals surface area (Å²) >= 11 is 0. The predicted molar refractivity (Wildman–Crippen MR) is 60.0 cm³/mol. The quantitative estimate of drug-likeness (QED) is 0.811. The van der Waals surface area contributed by atoms with Gasteiger partial charge in [0.25, 0.3) is 5.56 Å². The molecule has 100 valence electrons. The van der Waals surface area contributed by atoms with E-state index in [4.69, 9.17) is 0 Å². The zero-order valence-electron chi connectivity index (χ0n) is 9.68. The summed E-state index contributed by atoms with van der Waals surface area (Å²) < 4.78 is 50.9. The van der Waals surface area contributed by atoms with Gasteiger partial charge in [-0.05, 0) is 25.1 Å². The van der Waals surface area contributed by atoms with Crippen molar-refractivity contribution in [2.75, 3.05) is 0 Å². The number of hydrogen-bond acceptors (Lipinski definition) is 2. The average molecular weight is 272 g/mol. The van der Waals surface area contributed by atoms with Crippen LogP contribution in [0.2, 0.25) is 0 Å². The van der Waals surface area contributed by atoms with Crippen molar-refractivity contribution in [1.82, 2.24) is 9.97 Å². The first kappa shape index (κ1) is 13.3. The fourth-order valence-electron chi connectivity index (χ4n) is 1.65. The molecule has 1 aromatic carbocycles. The lowest BCUT2D eigenvalue weighted by Gasteiger charge is -2.10. The van der Waals surface area contributed by atoms with Crippen molar-refractivity contribution >= 4 is 0 Å². The smallest absolute Gasteiger partial charge is 0.313 e. The lowest BCUT2D eigenvalue weighted by molar-refractivity contribution is -0.139. The minimum Gasteiger partial charge on any atom is -0.313 e. The summed E-state index contributed by atoms with van der Waals surface area (Å²) in [5, 5.41) is 0. The van der Waals surface area contributed by atoms with E-state index in [1.54, 1.807) is 0 Å². The highest BCUT2D eigenvalue weighted by Gasteiger charge is 2.34. The summed E-state index contributed by atoms with van der Waals surface area (Å²) in [5.41, 5.74) is -1.54. The molecular formula is C12H8F4N2O. The van der Waals surface area contributed by atoms with Crippen LogP contribution in [0.5, 0.6) is 0 Å². The van der Waals surface area contributed by atoms with Crippen LogP contribution in [-0.4, -0.2) is 9.97 Å². The number of nitrogens with one attached hydrogen (secondary N) is 1. The number of halogens is 4. The van der Waals surface area contributed by atoms with Gasteiger partial charge in [-0.1, -0.05) is 0 Å². The monoisotopic (exact) mass is 272 g/mol. The Morgan fingerprint density at radius 3 is 2.58 bits per heavy atom. The second-order valence-corrected chi connectivity index (χ2v) is 3.90. The molecule has 0 atom stereocenters. The Kier molecular flexibility index (Phi) is 3.13. The molecule has 0 spiro atoms. The molecule has 1 aromatic heterocycles. The molecular weight excluding hydrogens is 264 g/mol. The highest BCUT2D eigenvalue weighted by Crippen LogP contribution is 2.34. The van der Waals surface area contributed by atoms with Gasteiger partial charge in [0.05, 0.1) is 17.6 Å². The topological polar surface area (TPSA) is 45.8 Å². The van der Waals surface area contributed by atoms with Gasteiger partial charge in [-0.3, -0.25) is 4.79 Å². The molecule has 2 rings (SSSR count). The molecule has 0 radical (unpaired) electrons. The molecule has 0 fully saturated rings. The van der Waals surface area contributed by atoms with Gasteiger partial charge in [-0.25, -0.2) is 9.37 Å². The van der Waals surface area contributed by atoms with Gasteiger partial charge in [0.1, 0.15) is 5.82 Å².